The molecule has 0 aromatic heterocycles. The first kappa shape index (κ1) is 77.0. The van der Waals surface area contributed by atoms with Crippen LogP contribution in [0, 0.1) is 0 Å². The summed E-state index contributed by atoms with van der Waals surface area (Å²) in [7, 11) is 0. The lowest BCUT2D eigenvalue weighted by Crippen LogP contribution is -2.30. The highest BCUT2D eigenvalue weighted by atomic mass is 16.6. The third kappa shape index (κ3) is 66.7. The lowest BCUT2D eigenvalue weighted by atomic mass is 10.0. The van der Waals surface area contributed by atoms with Crippen molar-refractivity contribution >= 4 is 17.9 Å². The first-order chi connectivity index (χ1) is 41.0. The van der Waals surface area contributed by atoms with E-state index in [0.717, 1.165) is 141 Å². The molecule has 6 heteroatoms. The summed E-state index contributed by atoms with van der Waals surface area (Å²) in [6, 6.07) is 0. The molecule has 6 nitrogen and oxygen atoms in total. The van der Waals surface area contributed by atoms with E-state index in [1.165, 1.54) is 44.9 Å². The van der Waals surface area contributed by atoms with Gasteiger partial charge in [0.2, 0.25) is 0 Å². The monoisotopic (exact) mass is 1140 g/mol. The molecule has 460 valence electrons. The van der Waals surface area contributed by atoms with Crippen LogP contribution in [0.5, 0.6) is 0 Å². The smallest absolute Gasteiger partial charge is 0.306 e. The van der Waals surface area contributed by atoms with Gasteiger partial charge in [-0.3, -0.25) is 14.4 Å². The van der Waals surface area contributed by atoms with Crippen LogP contribution in [0.15, 0.2) is 207 Å². The maximum atomic E-state index is 12.9. The summed E-state index contributed by atoms with van der Waals surface area (Å²) >= 11 is 0. The standard InChI is InChI=1S/C77H116O6/c1-4-7-10-13-16-19-22-25-28-31-34-36-38-40-43-46-49-52-55-58-61-64-67-70-76(79)82-73-74(72-81-75(78)69-66-63-60-57-54-51-48-45-42-33-30-27-24-21-18-15-12-9-6-3)83-77(80)71-68-65-62-59-56-53-50-47-44-41-39-37-35-32-29-26-23-20-17-14-11-8-5-2/h7-12,16-21,25-30,34-37,40,42-43,45,49,51-52,54,58,60-61,63,74H,4-6,13-15,22-24,31-33,38-39,41,44,46-48,50,53,55-57,59,62,64-73H2,1-3H3/b10-7-,11-8-,12-9-,19-16-,20-17-,21-18-,28-25-,29-26-,30-27-,36-34-,37-35-,43-40-,45-42-,52-49-,54-51-,61-58-,63-60-. The van der Waals surface area contributed by atoms with Crippen LogP contribution in [-0.4, -0.2) is 37.2 Å². The molecule has 0 saturated heterocycles. The zero-order valence-corrected chi connectivity index (χ0v) is 52.6. The number of esters is 3. The molecule has 0 spiro atoms. The third-order valence-corrected chi connectivity index (χ3v) is 12.8. The second-order valence-corrected chi connectivity index (χ2v) is 20.5. The summed E-state index contributed by atoms with van der Waals surface area (Å²) in [6.45, 7) is 6.17. The van der Waals surface area contributed by atoms with E-state index in [9.17, 15) is 14.4 Å². The van der Waals surface area contributed by atoms with Gasteiger partial charge in [0.05, 0.1) is 0 Å². The van der Waals surface area contributed by atoms with Gasteiger partial charge in [-0.1, -0.05) is 279 Å². The van der Waals surface area contributed by atoms with Gasteiger partial charge >= 0.3 is 17.9 Å². The molecule has 0 aliphatic rings. The fraction of sp³-hybridized carbons (Fsp3) is 0.519. The Morgan fingerprint density at radius 3 is 0.783 bits per heavy atom. The minimum absolute atomic E-state index is 0.145. The molecule has 0 aliphatic heterocycles. The highest BCUT2D eigenvalue weighted by molar-refractivity contribution is 5.71. The Morgan fingerprint density at radius 1 is 0.241 bits per heavy atom. The molecular weight excluding hydrogens is 1020 g/mol. The van der Waals surface area contributed by atoms with Gasteiger partial charge in [-0.05, 0) is 148 Å². The zero-order valence-electron chi connectivity index (χ0n) is 52.6. The van der Waals surface area contributed by atoms with E-state index in [-0.39, 0.29) is 50.4 Å². The second kappa shape index (κ2) is 68.5. The van der Waals surface area contributed by atoms with Gasteiger partial charge in [0.1, 0.15) is 13.2 Å². The highest BCUT2D eigenvalue weighted by Gasteiger charge is 2.19. The molecule has 1 unspecified atom stereocenters. The van der Waals surface area contributed by atoms with Crippen molar-refractivity contribution in [2.24, 2.45) is 0 Å². The van der Waals surface area contributed by atoms with Gasteiger partial charge in [-0.15, -0.1) is 0 Å². The Balaban J connectivity index is 4.63. The maximum Gasteiger partial charge on any atom is 0.306 e. The Morgan fingerprint density at radius 2 is 0.470 bits per heavy atom. The molecule has 0 radical (unpaired) electrons. The SMILES string of the molecule is CC/C=C\C/C=C\C/C=C\C/C=C\C/C=C\C/C=C\C/C=C\CCCC(=O)OCC(COC(=O)CC/C=C\C/C=C\C/C=C\C/C=C\C/C=C\C/C=C\CC)OC(=O)CCCCCCCCCCCC/C=C\C/C=C\C/C=C\C/C=C\CC. The molecule has 0 aromatic carbocycles. The van der Waals surface area contributed by atoms with Crippen LogP contribution in [0.25, 0.3) is 0 Å². The Kier molecular flexibility index (Phi) is 63.5. The quantitative estimate of drug-likeness (QED) is 0.0261. The molecule has 0 amide bonds. The lowest BCUT2D eigenvalue weighted by molar-refractivity contribution is -0.166. The van der Waals surface area contributed by atoms with Crippen LogP contribution >= 0.6 is 0 Å². The highest BCUT2D eigenvalue weighted by Crippen LogP contribution is 2.14. The number of carbonyl (C=O) groups excluding carboxylic acids is 3. The van der Waals surface area contributed by atoms with E-state index >= 15 is 0 Å². The fourth-order valence-electron chi connectivity index (χ4n) is 8.04. The van der Waals surface area contributed by atoms with Crippen molar-refractivity contribution < 1.29 is 28.6 Å². The van der Waals surface area contributed by atoms with Crippen LogP contribution in [0.3, 0.4) is 0 Å². The molecule has 0 N–H and O–H groups in total. The number of allylic oxidation sites excluding steroid dienone is 34. The summed E-state index contributed by atoms with van der Waals surface area (Å²) < 4.78 is 16.8. The van der Waals surface area contributed by atoms with Crippen molar-refractivity contribution in [1.82, 2.24) is 0 Å². The van der Waals surface area contributed by atoms with Gasteiger partial charge in [-0.2, -0.15) is 0 Å². The predicted octanol–water partition coefficient (Wildman–Crippen LogP) is 22.8. The number of hydrogen-bond donors (Lipinski definition) is 0. The first-order valence-electron chi connectivity index (χ1n) is 32.6. The van der Waals surface area contributed by atoms with Crippen molar-refractivity contribution in [3.05, 3.63) is 207 Å². The van der Waals surface area contributed by atoms with Gasteiger partial charge in [0.15, 0.2) is 6.10 Å². The zero-order chi connectivity index (χ0) is 59.9. The van der Waals surface area contributed by atoms with Crippen molar-refractivity contribution in [3.8, 4) is 0 Å². The topological polar surface area (TPSA) is 78.9 Å². The first-order valence-corrected chi connectivity index (χ1v) is 32.6. The van der Waals surface area contributed by atoms with Gasteiger partial charge in [0, 0.05) is 19.3 Å². The molecule has 0 bridgehead atoms. The Labute approximate surface area is 509 Å². The summed E-state index contributed by atoms with van der Waals surface area (Å²) in [5.41, 5.74) is 0. The number of rotatable bonds is 56. The molecule has 1 atom stereocenters. The van der Waals surface area contributed by atoms with E-state index in [0.29, 0.717) is 12.8 Å². The third-order valence-electron chi connectivity index (χ3n) is 12.8. The molecule has 0 aliphatic carbocycles. The fourth-order valence-corrected chi connectivity index (χ4v) is 8.04. The van der Waals surface area contributed by atoms with Crippen LogP contribution in [0.4, 0.5) is 0 Å². The van der Waals surface area contributed by atoms with Crippen LogP contribution in [-0.2, 0) is 28.6 Å². The molecule has 0 fully saturated rings. The van der Waals surface area contributed by atoms with E-state index in [4.69, 9.17) is 14.2 Å². The van der Waals surface area contributed by atoms with Gasteiger partial charge in [-0.25, -0.2) is 0 Å². The summed E-state index contributed by atoms with van der Waals surface area (Å²) in [6.07, 6.45) is 106. The molecule has 0 saturated carbocycles. The van der Waals surface area contributed by atoms with E-state index in [1.807, 2.05) is 12.2 Å². The predicted molar refractivity (Wildman–Crippen MR) is 361 cm³/mol. The summed E-state index contributed by atoms with van der Waals surface area (Å²) in [5, 5.41) is 0. The minimum Gasteiger partial charge on any atom is -0.462 e. The average Bonchev–Trinajstić information content (AvgIpc) is 3.49. The number of hydrogen-bond acceptors (Lipinski definition) is 6. The van der Waals surface area contributed by atoms with Crippen molar-refractivity contribution in [1.29, 1.82) is 0 Å². The minimum atomic E-state index is -0.850. The average molecular weight is 1140 g/mol. The maximum absolute atomic E-state index is 12.9. The largest absolute Gasteiger partial charge is 0.462 e. The van der Waals surface area contributed by atoms with Crippen molar-refractivity contribution in [2.75, 3.05) is 13.2 Å². The van der Waals surface area contributed by atoms with E-state index in [1.54, 1.807) is 0 Å². The molecule has 0 rings (SSSR count). The van der Waals surface area contributed by atoms with E-state index < -0.39 is 6.10 Å². The van der Waals surface area contributed by atoms with Crippen LogP contribution in [0.2, 0.25) is 0 Å². The number of unbranched alkanes of at least 4 members (excludes halogenated alkanes) is 11. The summed E-state index contributed by atoms with van der Waals surface area (Å²) in [4.78, 5) is 38.4. The Hall–Kier alpha value is -6.01. The van der Waals surface area contributed by atoms with Crippen LogP contribution < -0.4 is 0 Å². The van der Waals surface area contributed by atoms with Gasteiger partial charge < -0.3 is 14.2 Å². The molecule has 0 heterocycles. The molecular formula is C77H116O6. The second-order valence-electron chi connectivity index (χ2n) is 20.5. The van der Waals surface area contributed by atoms with Crippen molar-refractivity contribution in [3.63, 3.8) is 0 Å². The van der Waals surface area contributed by atoms with Crippen molar-refractivity contribution in [2.45, 2.75) is 245 Å². The number of ether oxygens (including phenoxy) is 3. The lowest BCUT2D eigenvalue weighted by Gasteiger charge is -2.18. The number of carbonyl (C=O) groups is 3. The Bertz CT molecular complexity index is 2030. The normalized spacial score (nSPS) is 13.5. The molecule has 83 heavy (non-hydrogen) atoms. The van der Waals surface area contributed by atoms with Gasteiger partial charge in [0.25, 0.3) is 0 Å². The summed E-state index contributed by atoms with van der Waals surface area (Å²) in [5.74, 6) is -1.10. The van der Waals surface area contributed by atoms with Crippen LogP contribution in [0.1, 0.15) is 239 Å². The molecule has 0 aromatic rings. The van der Waals surface area contributed by atoms with E-state index in [2.05, 4.69) is 215 Å².